The van der Waals surface area contributed by atoms with Gasteiger partial charge in [-0.2, -0.15) is 5.10 Å². The van der Waals surface area contributed by atoms with E-state index in [0.717, 1.165) is 153 Å². The minimum atomic E-state index is -3.07. The molecule has 0 aliphatic carbocycles. The summed E-state index contributed by atoms with van der Waals surface area (Å²) < 4.78 is 107. The molecule has 5 aromatic carbocycles. The van der Waals surface area contributed by atoms with E-state index in [2.05, 4.69) is 119 Å². The zero-order chi connectivity index (χ0) is 87.7. The van der Waals surface area contributed by atoms with E-state index in [-0.39, 0.29) is 36.4 Å². The maximum Gasteiger partial charge on any atom is 0.168 e. The smallest absolute Gasteiger partial charge is 0.168 e. The lowest BCUT2D eigenvalue weighted by molar-refractivity contribution is 0.122. The number of fused-ring (bicyclic) bond motifs is 4. The number of aryl methyl sites for hydroxylation is 7. The van der Waals surface area contributed by atoms with E-state index >= 15 is 0 Å². The molecule has 1 aliphatic rings. The van der Waals surface area contributed by atoms with Crippen molar-refractivity contribution in [2.24, 2.45) is 0 Å². The molecule has 1 saturated heterocycles. The van der Waals surface area contributed by atoms with Crippen LogP contribution in [0.1, 0.15) is 67.7 Å². The standard InChI is InChI=1S/C24H24FN5O2.C24H24FN3O4S.C24H27N5O.C22H24FN5O2/c1-31-22-4-2-3-21(25)20(22)9-7-18-6-8-19(24-28-27-16-30(18)24)17-5-10-23(26-15-17)29-11-13-32-14-12-29;1-31-23-5-3-4-22(25)21(23)13-9-18-8-12-20(24-27-26-16-28(18)24)17-6-10-19(11-7-17)32-14-15-33(2,29)30;1-17-11-18(13-22(12-17)30-4)5-8-21-9-10-23(24-27-26-16-29(21)24)19-6-7-20(25-14-19)15-28(2)3;1-14-21(15(2)28(26-14)11-12-29)18-10-8-16(27-13-24-25-22(18)27)7-9-17-19(23)5-4-6-20(17)30-3/h2-6,8,10,15-16H,7,9,11-14H2,1H3;3-8,10-12,16H,9,13-15H2,1-2H3;6-7,9-14,16H,5,8,15H2,1-4H3;4-6,8,10,13,29H,7,9,11-12H2,1-3H3. The van der Waals surface area contributed by atoms with Crippen LogP contribution in [0.25, 0.3) is 67.1 Å². The molecule has 12 heterocycles. The van der Waals surface area contributed by atoms with Gasteiger partial charge in [0.15, 0.2) is 32.4 Å². The molecule has 17 rings (SSSR count). The van der Waals surface area contributed by atoms with Crippen molar-refractivity contribution in [2.75, 3.05) is 99.0 Å². The van der Waals surface area contributed by atoms with Gasteiger partial charge < -0.3 is 43.3 Å². The summed E-state index contributed by atoms with van der Waals surface area (Å²) in [6, 6.07) is 52.9. The Kier molecular flexibility index (Phi) is 28.6. The second-order valence-electron chi connectivity index (χ2n) is 30.4. The molecule has 646 valence electrons. The fourth-order valence-corrected chi connectivity index (χ4v) is 15.9. The number of methoxy groups -OCH3 is 4. The highest BCUT2D eigenvalue weighted by molar-refractivity contribution is 7.90. The summed E-state index contributed by atoms with van der Waals surface area (Å²) >= 11 is 0. The summed E-state index contributed by atoms with van der Waals surface area (Å²) in [5, 5.41) is 47.6. The van der Waals surface area contributed by atoms with Crippen molar-refractivity contribution < 1.29 is 55.1 Å². The average Bonchev–Trinajstić information content (AvgIpc) is 1.64. The Labute approximate surface area is 722 Å². The van der Waals surface area contributed by atoms with Crippen molar-refractivity contribution in [3.05, 3.63) is 293 Å². The summed E-state index contributed by atoms with van der Waals surface area (Å²) in [6.07, 6.45) is 16.9. The summed E-state index contributed by atoms with van der Waals surface area (Å²) in [5.41, 5.74) is 21.9. The van der Waals surface area contributed by atoms with Gasteiger partial charge >= 0.3 is 0 Å². The van der Waals surface area contributed by atoms with Gasteiger partial charge in [-0.05, 0) is 230 Å². The zero-order valence-corrected chi connectivity index (χ0v) is 72.3. The van der Waals surface area contributed by atoms with Crippen LogP contribution in [-0.2, 0) is 79.0 Å². The summed E-state index contributed by atoms with van der Waals surface area (Å²) in [6.45, 7) is 10.6. The average molecular weight is 1710 g/mol. The quantitative estimate of drug-likeness (QED) is 0.0456. The van der Waals surface area contributed by atoms with Gasteiger partial charge in [0.2, 0.25) is 0 Å². The Hall–Kier alpha value is -13.5. The lowest BCUT2D eigenvalue weighted by Crippen LogP contribution is -2.36. The third kappa shape index (κ3) is 21.1. The van der Waals surface area contributed by atoms with Crippen molar-refractivity contribution in [2.45, 2.75) is 85.2 Å². The van der Waals surface area contributed by atoms with Crippen molar-refractivity contribution >= 4 is 38.2 Å². The summed E-state index contributed by atoms with van der Waals surface area (Å²) in [5.74, 6) is 3.24. The van der Waals surface area contributed by atoms with Gasteiger partial charge in [-0.15, -0.1) is 40.8 Å². The normalized spacial score (nSPS) is 12.1. The minimum absolute atomic E-state index is 0.0280. The van der Waals surface area contributed by atoms with Crippen LogP contribution in [-0.4, -0.2) is 191 Å². The number of pyridine rings is 6. The lowest BCUT2D eigenvalue weighted by Gasteiger charge is -2.27. The van der Waals surface area contributed by atoms with Gasteiger partial charge in [0, 0.05) is 122 Å². The molecule has 0 unspecified atom stereocenters. The molecular formula is C94H99F3N18O9S. The number of aromatic nitrogens is 16. The van der Waals surface area contributed by atoms with E-state index in [1.165, 1.54) is 48.4 Å². The van der Waals surface area contributed by atoms with E-state index in [1.54, 1.807) is 99.9 Å². The fraction of sp³-hybridized carbons (Fsp3) is 0.287. The lowest BCUT2D eigenvalue weighted by atomic mass is 10.0. The van der Waals surface area contributed by atoms with Crippen LogP contribution >= 0.6 is 0 Å². The SMILES string of the molecule is COc1cc(C)cc(CCc2ccc(-c3ccc(CN(C)C)nc3)c3nncn23)c1.COc1cccc(F)c1CCc1ccc(-c2c(C)nn(CCO)c2C)c2nncn12.COc1cccc(F)c1CCc1ccc(-c2ccc(N3CCOCC3)nc2)c2nncn12.COc1cccc(F)c1CCc1ccc(-c2ccc(OCCS(C)(=O)=O)cc2)c2nncn12. The number of aliphatic hydroxyl groups excluding tert-OH is 1. The maximum absolute atomic E-state index is 14.3. The molecule has 125 heavy (non-hydrogen) atoms. The highest BCUT2D eigenvalue weighted by atomic mass is 32.2. The zero-order valence-electron chi connectivity index (χ0n) is 71.5. The number of ether oxygens (including phenoxy) is 6. The molecule has 27 nitrogen and oxygen atoms in total. The number of anilines is 1. The van der Waals surface area contributed by atoms with Gasteiger partial charge in [0.05, 0.1) is 71.9 Å². The van der Waals surface area contributed by atoms with Crippen molar-refractivity contribution in [3.8, 4) is 73.3 Å². The van der Waals surface area contributed by atoms with Crippen LogP contribution in [0.3, 0.4) is 0 Å². The number of hydrogen-bond acceptors (Lipinski definition) is 22. The van der Waals surface area contributed by atoms with E-state index in [9.17, 15) is 26.7 Å². The molecule has 31 heteroatoms. The molecule has 0 spiro atoms. The summed E-state index contributed by atoms with van der Waals surface area (Å²) in [7, 11) is 7.37. The third-order valence-electron chi connectivity index (χ3n) is 21.8. The van der Waals surface area contributed by atoms with Crippen molar-refractivity contribution in [1.82, 2.24) is 83.0 Å². The van der Waals surface area contributed by atoms with Gasteiger partial charge in [-0.1, -0.05) is 42.5 Å². The Morgan fingerprint density at radius 3 is 1.37 bits per heavy atom. The first-order chi connectivity index (χ1) is 60.7. The predicted octanol–water partition coefficient (Wildman–Crippen LogP) is 14.4. The summed E-state index contributed by atoms with van der Waals surface area (Å²) in [4.78, 5) is 13.6. The molecule has 1 N–H and O–H groups in total. The van der Waals surface area contributed by atoms with E-state index in [1.807, 2.05) is 114 Å². The van der Waals surface area contributed by atoms with Gasteiger partial charge in [0.1, 0.15) is 83.9 Å². The Morgan fingerprint density at radius 1 is 0.488 bits per heavy atom. The van der Waals surface area contributed by atoms with Crippen LogP contribution in [0.2, 0.25) is 0 Å². The largest absolute Gasteiger partial charge is 0.497 e. The second kappa shape index (κ2) is 40.7. The van der Waals surface area contributed by atoms with E-state index < -0.39 is 9.84 Å². The first-order valence-corrected chi connectivity index (χ1v) is 43.0. The van der Waals surface area contributed by atoms with E-state index in [4.69, 9.17) is 28.4 Å². The van der Waals surface area contributed by atoms with Crippen LogP contribution in [0.5, 0.6) is 28.7 Å². The van der Waals surface area contributed by atoms with Crippen LogP contribution < -0.4 is 28.6 Å². The number of rotatable bonds is 29. The molecule has 11 aromatic heterocycles. The van der Waals surface area contributed by atoms with Gasteiger partial charge in [-0.3, -0.25) is 27.3 Å². The Morgan fingerprint density at radius 2 is 0.936 bits per heavy atom. The highest BCUT2D eigenvalue weighted by Crippen LogP contribution is 2.35. The van der Waals surface area contributed by atoms with E-state index in [0.29, 0.717) is 90.4 Å². The molecule has 0 atom stereocenters. The number of benzene rings is 5. The number of halogens is 3. The monoisotopic (exact) mass is 1710 g/mol. The maximum atomic E-state index is 14.3. The third-order valence-corrected chi connectivity index (χ3v) is 22.7. The van der Waals surface area contributed by atoms with Crippen LogP contribution in [0.4, 0.5) is 19.0 Å². The first-order valence-electron chi connectivity index (χ1n) is 41.0. The minimum Gasteiger partial charge on any atom is -0.497 e. The number of morpholine rings is 1. The molecule has 0 radical (unpaired) electrons. The second-order valence-corrected chi connectivity index (χ2v) is 32.7. The Bertz CT molecular complexity index is 6490. The molecule has 0 saturated carbocycles. The van der Waals surface area contributed by atoms with Crippen LogP contribution in [0, 0.1) is 38.2 Å². The molecular weight excluding hydrogens is 1610 g/mol. The molecule has 16 aromatic rings. The van der Waals surface area contributed by atoms with Gasteiger partial charge in [-0.25, -0.2) is 26.6 Å². The Balaban J connectivity index is 0.000000136. The molecule has 1 aliphatic heterocycles. The number of sulfone groups is 1. The van der Waals surface area contributed by atoms with Crippen LogP contribution in [0.15, 0.2) is 208 Å². The topological polar surface area (TPSA) is 281 Å². The highest BCUT2D eigenvalue weighted by Gasteiger charge is 2.23. The van der Waals surface area contributed by atoms with Crippen molar-refractivity contribution in [1.29, 1.82) is 0 Å². The van der Waals surface area contributed by atoms with Gasteiger partial charge in [0.25, 0.3) is 0 Å². The number of nitrogens with zero attached hydrogens (tertiary/aromatic N) is 18. The number of aliphatic hydroxyl groups is 1. The molecule has 0 bridgehead atoms. The first kappa shape index (κ1) is 87.8. The van der Waals surface area contributed by atoms with Crippen molar-refractivity contribution in [3.63, 3.8) is 0 Å². The molecule has 0 amide bonds. The molecule has 1 fully saturated rings. The number of hydrogen-bond donors (Lipinski definition) is 1. The predicted molar refractivity (Wildman–Crippen MR) is 473 cm³/mol. The fourth-order valence-electron chi connectivity index (χ4n) is 15.5.